The number of nitrogens with one attached hydrogen (secondary N) is 8. The fourth-order valence-electron chi connectivity index (χ4n) is 15.8. The highest BCUT2D eigenvalue weighted by atomic mass is 79.9. The number of likely N-dealkylation sites (tertiary alicyclic amines) is 3. The molecule has 4 aliphatic heterocycles. The van der Waals surface area contributed by atoms with Crippen molar-refractivity contribution in [2.45, 2.75) is 103 Å². The third-order valence-corrected chi connectivity index (χ3v) is 26.1. The fourth-order valence-corrected chi connectivity index (χ4v) is 17.7. The lowest BCUT2D eigenvalue weighted by Crippen LogP contribution is -2.37. The molecule has 1 unspecified atom stereocenters. The normalized spacial score (nSPS) is 14.1. The molecule has 0 radical (unpaired) electrons. The Morgan fingerprint density at radius 1 is 0.299 bits per heavy atom. The molecule has 1 atom stereocenters. The molecule has 4 aliphatic rings. The number of carbonyl (C=O) groups is 8. The van der Waals surface area contributed by atoms with Crippen molar-refractivity contribution >= 4 is 169 Å². The van der Waals surface area contributed by atoms with E-state index in [0.717, 1.165) is 136 Å². The van der Waals surface area contributed by atoms with E-state index < -0.39 is 0 Å². The molecule has 8 N–H and O–H groups in total. The quantitative estimate of drug-likeness (QED) is 0.0158. The number of hydrogen-bond acceptors (Lipinski definition) is 17. The predicted octanol–water partition coefficient (Wildman–Crippen LogP) is 21.7. The zero-order valence-electron chi connectivity index (χ0n) is 74.0. The number of hydrogen-bond donors (Lipinski definition) is 8. The van der Waals surface area contributed by atoms with Crippen LogP contribution in [-0.2, 0) is 25.7 Å². The standard InChI is InChI=1S/C28H29BrN4O2.2C26H25BrN4O2.C25H23BrN4O2S/c29-23-14-15-26(31-19-23)32-28(35)24-9-5-4-8-22(24)18-25(34)20-10-12-21(13-11-20)27(30)33-16-6-2-1-3-7-17-33;1-17-5-4-14-31(17)25(28)19-10-8-18(9-11-19)23(32)15-20-6-2-3-7-22(20)26(33)30-24-13-12-21(27)16-29-24;27-21-12-13-24(29-17-21)30-26(33)22-7-3-2-6-20(22)16-23(32)18-8-10-19(11-9-18)25(28)31-14-4-1-5-15-31;26-20-9-10-23(28-16-20)29-25(32)21-4-2-1-3-19(21)15-22(31)17-5-7-18(8-6-17)24(27)30-11-13-33-14-12-30/h4-5,8-15,19,30H,1-3,6-7,16-18H2,(H,31,32,35);2-3,6-13,16-17,28H,4-5,14-15H2,1H3,(H,29,30,33);2-3,6-13,17,28H,1,4-5,14-16H2,(H,29,30,33);1-10,16,27H,11-15H2,(H,28,29,32). The Morgan fingerprint density at radius 3 is 0.791 bits per heavy atom. The fraction of sp³-hybridized carbons (Fsp3) is 0.238. The van der Waals surface area contributed by atoms with E-state index in [9.17, 15) is 38.4 Å². The highest BCUT2D eigenvalue weighted by Crippen LogP contribution is 2.28. The molecule has 0 aliphatic carbocycles. The van der Waals surface area contributed by atoms with Crippen LogP contribution >= 0.6 is 75.5 Å². The van der Waals surface area contributed by atoms with Crippen LogP contribution in [-0.4, -0.2) is 173 Å². The smallest absolute Gasteiger partial charge is 0.257 e. The van der Waals surface area contributed by atoms with E-state index in [4.69, 9.17) is 21.6 Å². The number of amides is 4. The highest BCUT2D eigenvalue weighted by Gasteiger charge is 2.27. The number of aromatic nitrogens is 4. The van der Waals surface area contributed by atoms with Gasteiger partial charge in [-0.05, 0) is 211 Å². The SMILES string of the molecule is CC1CCCN1C(=N)c1ccc(C(=O)Cc2ccccc2C(=O)Nc2ccc(Br)cn2)cc1.N=C(c1ccc(C(=O)Cc2ccccc2C(=O)Nc2ccc(Br)cn2)cc1)N1CCCCC1.N=C(c1ccc(C(=O)Cc2ccccc2C(=O)Nc2ccc(Br)cn2)cc1)N1CCCCCCC1.N=C(c1ccc(C(=O)Cc2ccccc2C(=O)Nc2ccc(Br)cn2)cc1)N1CCSCC1. The van der Waals surface area contributed by atoms with E-state index in [1.807, 2.05) is 84.6 Å². The number of benzene rings is 8. The third-order valence-electron chi connectivity index (χ3n) is 23.3. The monoisotopic (exact) mass is 2060 g/mol. The molecular weight excluding hydrogens is 1960 g/mol. The minimum atomic E-state index is -0.309. The Morgan fingerprint density at radius 2 is 0.537 bits per heavy atom. The summed E-state index contributed by atoms with van der Waals surface area (Å²) in [5.41, 5.74) is 9.90. The summed E-state index contributed by atoms with van der Waals surface area (Å²) in [5, 5.41) is 45.1. The van der Waals surface area contributed by atoms with E-state index in [2.05, 4.69) is 131 Å². The number of rotatable bonds is 24. The van der Waals surface area contributed by atoms with Gasteiger partial charge in [0.2, 0.25) is 0 Å². The summed E-state index contributed by atoms with van der Waals surface area (Å²) >= 11 is 15.2. The Balaban J connectivity index is 0.000000152. The summed E-state index contributed by atoms with van der Waals surface area (Å²) in [5.74, 6) is 4.32. The summed E-state index contributed by atoms with van der Waals surface area (Å²) in [6, 6.07) is 71.7. The van der Waals surface area contributed by atoms with Crippen LogP contribution in [0, 0.1) is 21.6 Å². The Kier molecular flexibility index (Phi) is 36.2. The molecule has 0 bridgehead atoms. The van der Waals surface area contributed by atoms with E-state index in [0.29, 0.717) is 119 Å². The zero-order chi connectivity index (χ0) is 94.4. The summed E-state index contributed by atoms with van der Waals surface area (Å²) < 4.78 is 3.29. The van der Waals surface area contributed by atoms with Crippen LogP contribution in [0.4, 0.5) is 23.3 Å². The molecule has 0 spiro atoms. The number of carbonyl (C=O) groups excluding carboxylic acids is 8. The zero-order valence-corrected chi connectivity index (χ0v) is 81.2. The molecular formula is C105H102Br4N16O8S. The molecule has 684 valence electrons. The largest absolute Gasteiger partial charge is 0.357 e. The number of anilines is 4. The average molecular weight is 2070 g/mol. The molecule has 29 heteroatoms. The molecule has 4 amide bonds. The number of ketones is 4. The van der Waals surface area contributed by atoms with Crippen LogP contribution < -0.4 is 21.3 Å². The van der Waals surface area contributed by atoms with Gasteiger partial charge in [0.25, 0.3) is 23.6 Å². The second-order valence-electron chi connectivity index (χ2n) is 32.6. The molecule has 8 heterocycles. The summed E-state index contributed by atoms with van der Waals surface area (Å²) in [4.78, 5) is 128. The molecule has 12 aromatic rings. The molecule has 134 heavy (non-hydrogen) atoms. The van der Waals surface area contributed by atoms with E-state index in [-0.39, 0.29) is 72.4 Å². The highest BCUT2D eigenvalue weighted by molar-refractivity contribution is 9.11. The third kappa shape index (κ3) is 28.1. The molecule has 4 saturated heterocycles. The van der Waals surface area contributed by atoms with Gasteiger partial charge in [0.05, 0.1) is 0 Å². The van der Waals surface area contributed by atoms with Crippen molar-refractivity contribution in [3.63, 3.8) is 0 Å². The number of nitrogens with zero attached hydrogens (tertiary/aromatic N) is 8. The molecule has 16 rings (SSSR count). The maximum absolute atomic E-state index is 13.0. The first-order valence-corrected chi connectivity index (χ1v) is 48.8. The maximum atomic E-state index is 13.0. The van der Waals surface area contributed by atoms with Gasteiger partial charge in [-0.1, -0.05) is 189 Å². The molecule has 8 aromatic carbocycles. The maximum Gasteiger partial charge on any atom is 0.257 e. The lowest BCUT2D eigenvalue weighted by Gasteiger charge is -2.29. The topological polar surface area (TPSA) is 345 Å². The minimum absolute atomic E-state index is 0.0728. The lowest BCUT2D eigenvalue weighted by atomic mass is 9.97. The van der Waals surface area contributed by atoms with Gasteiger partial charge in [0.15, 0.2) is 23.1 Å². The van der Waals surface area contributed by atoms with Gasteiger partial charge in [-0.2, -0.15) is 11.8 Å². The van der Waals surface area contributed by atoms with Crippen LogP contribution in [0.5, 0.6) is 0 Å². The van der Waals surface area contributed by atoms with E-state index >= 15 is 0 Å². The summed E-state index contributed by atoms with van der Waals surface area (Å²) in [6.45, 7) is 8.43. The van der Waals surface area contributed by atoms with Gasteiger partial charge in [-0.15, -0.1) is 0 Å². The second-order valence-corrected chi connectivity index (χ2v) is 37.5. The number of thioether (sulfide) groups is 1. The first-order chi connectivity index (χ1) is 64.9. The molecule has 24 nitrogen and oxygen atoms in total. The van der Waals surface area contributed by atoms with Gasteiger partial charge in [-0.25, -0.2) is 19.9 Å². The van der Waals surface area contributed by atoms with Gasteiger partial charge in [0.1, 0.15) is 46.6 Å². The number of piperidine rings is 1. The summed E-state index contributed by atoms with van der Waals surface area (Å²) in [6.07, 6.45) is 18.5. The number of amidine groups is 4. The van der Waals surface area contributed by atoms with Crippen LogP contribution in [0.25, 0.3) is 0 Å². The molecule has 4 aromatic heterocycles. The van der Waals surface area contributed by atoms with Crippen molar-refractivity contribution < 1.29 is 38.4 Å². The first kappa shape index (κ1) is 98.6. The van der Waals surface area contributed by atoms with Crippen LogP contribution in [0.2, 0.25) is 0 Å². The minimum Gasteiger partial charge on any atom is -0.357 e. The Hall–Kier alpha value is -12.9. The lowest BCUT2D eigenvalue weighted by molar-refractivity contribution is 0.0980. The van der Waals surface area contributed by atoms with Gasteiger partial charge in [0, 0.05) is 198 Å². The second kappa shape index (κ2) is 49.2. The average Bonchev–Trinajstić information content (AvgIpc) is 1.02. The van der Waals surface area contributed by atoms with Gasteiger partial charge >= 0.3 is 0 Å². The number of Topliss-reactive ketones (excluding diaryl/α,β-unsaturated/α-hetero) is 4. The number of halogens is 4. The van der Waals surface area contributed by atoms with Crippen LogP contribution in [0.3, 0.4) is 0 Å². The van der Waals surface area contributed by atoms with Crippen molar-refractivity contribution in [1.82, 2.24) is 39.5 Å². The van der Waals surface area contributed by atoms with Crippen molar-refractivity contribution in [2.24, 2.45) is 0 Å². The van der Waals surface area contributed by atoms with Crippen molar-refractivity contribution in [1.29, 1.82) is 21.6 Å². The van der Waals surface area contributed by atoms with Gasteiger partial charge < -0.3 is 40.9 Å². The van der Waals surface area contributed by atoms with Crippen LogP contribution in [0.15, 0.2) is 285 Å². The number of pyridine rings is 4. The van der Waals surface area contributed by atoms with Crippen molar-refractivity contribution in [2.75, 3.05) is 78.6 Å². The van der Waals surface area contributed by atoms with E-state index in [1.165, 1.54) is 25.7 Å². The van der Waals surface area contributed by atoms with E-state index in [1.54, 1.807) is 195 Å². The predicted molar refractivity (Wildman–Crippen MR) is 545 cm³/mol. The van der Waals surface area contributed by atoms with Crippen molar-refractivity contribution in [3.05, 3.63) is 374 Å². The Labute approximate surface area is 817 Å². The van der Waals surface area contributed by atoms with Crippen molar-refractivity contribution in [3.8, 4) is 0 Å². The molecule has 4 fully saturated rings. The van der Waals surface area contributed by atoms with Crippen LogP contribution in [0.1, 0.15) is 199 Å². The first-order valence-electron chi connectivity index (χ1n) is 44.5. The van der Waals surface area contributed by atoms with Gasteiger partial charge in [-0.3, -0.25) is 60.0 Å². The Bertz CT molecular complexity index is 5990. The molecule has 0 saturated carbocycles. The summed E-state index contributed by atoms with van der Waals surface area (Å²) in [7, 11) is 0.